The molecule has 0 aliphatic carbocycles. The number of aryl methyl sites for hydroxylation is 1. The van der Waals surface area contributed by atoms with Crippen molar-refractivity contribution < 1.29 is 4.39 Å². The van der Waals surface area contributed by atoms with Crippen LogP contribution in [0.25, 0.3) is 27.0 Å². The number of fused-ring (bicyclic) bond motifs is 1. The number of aromatic nitrogens is 2. The summed E-state index contributed by atoms with van der Waals surface area (Å²) in [4.78, 5) is 21.3. The van der Waals surface area contributed by atoms with Crippen LogP contribution in [0.1, 0.15) is 18.5 Å². The minimum Gasteiger partial charge on any atom is -0.407 e. The average Bonchev–Trinajstić information content (AvgIpc) is 2.76. The smallest absolute Gasteiger partial charge is 0.250 e. The first kappa shape index (κ1) is 20.1. The zero-order valence-electron chi connectivity index (χ0n) is 17.1. The van der Waals surface area contributed by atoms with Gasteiger partial charge in [0.1, 0.15) is 11.6 Å². The van der Waals surface area contributed by atoms with E-state index in [-0.39, 0.29) is 22.0 Å². The molecule has 4 aromatic rings. The number of para-hydroxylation sites is 1. The molecule has 0 saturated heterocycles. The zero-order chi connectivity index (χ0) is 22.1. The minimum atomic E-state index is -0.531. The third-order valence-corrected chi connectivity index (χ3v) is 5.30. The topological polar surface area (TPSA) is 77.3 Å². The lowest BCUT2D eigenvalue weighted by molar-refractivity contribution is 0.630. The molecule has 0 saturated carbocycles. The summed E-state index contributed by atoms with van der Waals surface area (Å²) in [5, 5.41) is 3.45. The Hall–Kier alpha value is -4.18. The molecule has 2 aromatic heterocycles. The summed E-state index contributed by atoms with van der Waals surface area (Å²) in [6, 6.07) is 14.9. The summed E-state index contributed by atoms with van der Waals surface area (Å²) in [5.41, 5.74) is 8.20. The molecule has 0 aliphatic rings. The van der Waals surface area contributed by atoms with E-state index in [0.717, 1.165) is 5.56 Å². The van der Waals surface area contributed by atoms with Crippen molar-refractivity contribution in [3.8, 4) is 11.3 Å². The second kappa shape index (κ2) is 7.92. The van der Waals surface area contributed by atoms with Gasteiger partial charge in [-0.05, 0) is 30.7 Å². The lowest BCUT2D eigenvalue weighted by Gasteiger charge is -2.23. The van der Waals surface area contributed by atoms with Gasteiger partial charge in [-0.2, -0.15) is 0 Å². The summed E-state index contributed by atoms with van der Waals surface area (Å²) in [6.07, 6.45) is 1.51. The summed E-state index contributed by atoms with van der Waals surface area (Å²) in [6.45, 7) is 9.23. The third-order valence-electron chi connectivity index (χ3n) is 5.30. The summed E-state index contributed by atoms with van der Waals surface area (Å²) < 4.78 is 16.4. The molecule has 1 atom stereocenters. The number of rotatable bonds is 4. The second-order valence-electron chi connectivity index (χ2n) is 7.23. The van der Waals surface area contributed by atoms with Crippen LogP contribution in [-0.2, 0) is 7.05 Å². The highest BCUT2D eigenvalue weighted by atomic mass is 19.1. The molecule has 0 bridgehead atoms. The van der Waals surface area contributed by atoms with Gasteiger partial charge in [-0.3, -0.25) is 9.78 Å². The predicted molar refractivity (Wildman–Crippen MR) is 122 cm³/mol. The number of nitrogens with zero attached hydrogens (tertiary/aromatic N) is 3. The van der Waals surface area contributed by atoms with Crippen molar-refractivity contribution in [2.75, 3.05) is 11.1 Å². The number of halogens is 1. The molecule has 2 aromatic carbocycles. The molecule has 7 heteroatoms. The predicted octanol–water partition coefficient (Wildman–Crippen LogP) is 5.05. The average molecular weight is 413 g/mol. The Bertz CT molecular complexity index is 1390. The van der Waals surface area contributed by atoms with Crippen molar-refractivity contribution in [2.45, 2.75) is 13.0 Å². The highest BCUT2D eigenvalue weighted by Gasteiger charge is 2.23. The van der Waals surface area contributed by atoms with Gasteiger partial charge >= 0.3 is 0 Å². The van der Waals surface area contributed by atoms with Crippen LogP contribution in [0, 0.1) is 12.4 Å². The van der Waals surface area contributed by atoms with Crippen molar-refractivity contribution in [3.63, 3.8) is 0 Å². The maximum atomic E-state index is 14.7. The maximum absolute atomic E-state index is 14.7. The summed E-state index contributed by atoms with van der Waals surface area (Å²) in [7, 11) is 1.74. The fraction of sp³-hybridized carbons (Fsp3) is 0.125. The normalized spacial score (nSPS) is 11.8. The number of hydrogen-bond acceptors (Lipinski definition) is 4. The molecule has 0 spiro atoms. The number of hydrogen-bond donors (Lipinski definition) is 2. The first-order valence-electron chi connectivity index (χ1n) is 9.69. The molecule has 1 unspecified atom stereocenters. The third kappa shape index (κ3) is 3.38. The van der Waals surface area contributed by atoms with E-state index < -0.39 is 11.9 Å². The molecular formula is C24H20FN5O. The molecule has 3 N–H and O–H groups in total. The van der Waals surface area contributed by atoms with Crippen LogP contribution in [0.2, 0.25) is 0 Å². The van der Waals surface area contributed by atoms with Gasteiger partial charge in [-0.25, -0.2) is 9.24 Å². The van der Waals surface area contributed by atoms with E-state index in [1.807, 2.05) is 37.3 Å². The van der Waals surface area contributed by atoms with Crippen LogP contribution in [0.3, 0.4) is 0 Å². The van der Waals surface area contributed by atoms with Gasteiger partial charge in [0.05, 0.1) is 23.8 Å². The maximum Gasteiger partial charge on any atom is 0.250 e. The second-order valence-corrected chi connectivity index (χ2v) is 7.23. The standard InChI is InChI=1S/C24H20FN5O/c1-14(29-24-20(27-2)18(26)12-13-28-24)19-21(15-8-5-4-6-9-15)30(3)22-16(23(19)31)10-7-11-17(22)25/h4-14H,1,3H3,(H3,26,28,29). The first-order valence-corrected chi connectivity index (χ1v) is 9.69. The van der Waals surface area contributed by atoms with Crippen LogP contribution >= 0.6 is 0 Å². The molecule has 31 heavy (non-hydrogen) atoms. The first-order chi connectivity index (χ1) is 14.9. The van der Waals surface area contributed by atoms with Crippen LogP contribution < -0.4 is 16.5 Å². The van der Waals surface area contributed by atoms with Crippen LogP contribution in [0.15, 0.2) is 65.6 Å². The molecule has 4 rings (SSSR count). The van der Waals surface area contributed by atoms with E-state index in [0.29, 0.717) is 22.8 Å². The molecule has 6 nitrogen and oxygen atoms in total. The van der Waals surface area contributed by atoms with Crippen molar-refractivity contribution in [3.05, 3.63) is 93.8 Å². The van der Waals surface area contributed by atoms with Gasteiger partial charge in [-0.1, -0.05) is 36.4 Å². The largest absolute Gasteiger partial charge is 0.407 e. The Labute approximate surface area is 178 Å². The fourth-order valence-electron chi connectivity index (χ4n) is 3.90. The van der Waals surface area contributed by atoms with Gasteiger partial charge in [0.15, 0.2) is 5.43 Å². The van der Waals surface area contributed by atoms with Crippen LogP contribution in [-0.4, -0.2) is 9.55 Å². The Morgan fingerprint density at radius 2 is 1.90 bits per heavy atom. The zero-order valence-corrected chi connectivity index (χ0v) is 17.1. The van der Waals surface area contributed by atoms with Crippen molar-refractivity contribution in [1.82, 2.24) is 9.55 Å². The van der Waals surface area contributed by atoms with Gasteiger partial charge in [0.2, 0.25) is 5.69 Å². The van der Waals surface area contributed by atoms with Gasteiger partial charge in [-0.15, -0.1) is 0 Å². The quantitative estimate of drug-likeness (QED) is 0.459. The molecule has 2 heterocycles. The van der Waals surface area contributed by atoms with E-state index in [4.69, 9.17) is 12.3 Å². The Morgan fingerprint density at radius 3 is 2.61 bits per heavy atom. The molecule has 0 fully saturated rings. The summed E-state index contributed by atoms with van der Waals surface area (Å²) >= 11 is 0. The lowest BCUT2D eigenvalue weighted by atomic mass is 9.97. The fourth-order valence-corrected chi connectivity index (χ4v) is 3.90. The molecule has 154 valence electrons. The number of nitrogen functional groups attached to an aromatic ring is 1. The van der Waals surface area contributed by atoms with Crippen LogP contribution in [0.5, 0.6) is 0 Å². The summed E-state index contributed by atoms with van der Waals surface area (Å²) in [5.74, 6) is -0.169. The Balaban J connectivity index is 2.00. The highest BCUT2D eigenvalue weighted by Crippen LogP contribution is 2.34. The highest BCUT2D eigenvalue weighted by molar-refractivity contribution is 5.86. The monoisotopic (exact) mass is 413 g/mol. The number of anilines is 2. The number of nitrogens with two attached hydrogens (primary N) is 1. The number of nitrogens with one attached hydrogen (secondary N) is 1. The molecular weight excluding hydrogens is 393 g/mol. The molecule has 0 radical (unpaired) electrons. The Morgan fingerprint density at radius 1 is 1.16 bits per heavy atom. The van der Waals surface area contributed by atoms with Gasteiger partial charge in [0, 0.05) is 29.9 Å². The lowest BCUT2D eigenvalue weighted by Crippen LogP contribution is -2.23. The SMILES string of the molecule is [C-]#[N+]c1c(N)ccnc1NC(C)c1c(-c2ccccc2)n(C)c2c(F)cccc2c1=O. The van der Waals surface area contributed by atoms with Crippen molar-refractivity contribution >= 4 is 28.1 Å². The van der Waals surface area contributed by atoms with E-state index in [2.05, 4.69) is 15.1 Å². The van der Waals surface area contributed by atoms with Crippen molar-refractivity contribution in [1.29, 1.82) is 0 Å². The minimum absolute atomic E-state index is 0.194. The molecule has 0 aliphatic heterocycles. The van der Waals surface area contributed by atoms with Gasteiger partial charge < -0.3 is 15.6 Å². The number of benzene rings is 2. The van der Waals surface area contributed by atoms with E-state index >= 15 is 0 Å². The van der Waals surface area contributed by atoms with Crippen molar-refractivity contribution in [2.24, 2.45) is 7.05 Å². The van der Waals surface area contributed by atoms with Crippen LogP contribution in [0.4, 0.5) is 21.6 Å². The number of pyridine rings is 2. The van der Waals surface area contributed by atoms with E-state index in [9.17, 15) is 9.18 Å². The van der Waals surface area contributed by atoms with E-state index in [1.54, 1.807) is 23.7 Å². The van der Waals surface area contributed by atoms with Gasteiger partial charge in [0.25, 0.3) is 0 Å². The Kier molecular flexibility index (Phi) is 5.14. The van der Waals surface area contributed by atoms with E-state index in [1.165, 1.54) is 18.3 Å². The molecule has 0 amide bonds.